The lowest BCUT2D eigenvalue weighted by Crippen LogP contribution is -2.42. The highest BCUT2D eigenvalue weighted by atomic mass is 16.5. The standard InChI is InChI=1S/C17H15NO4/c19-16(12-5-3-6-13(8-12)17(20)21)18-14-9-11-4-1-2-7-15(11)22-10-14/h1-8,14H,9-10H2,(H,18,19)(H,20,21)/t14-/m1/s1. The minimum Gasteiger partial charge on any atom is -0.491 e. The predicted molar refractivity (Wildman–Crippen MR) is 80.3 cm³/mol. The Labute approximate surface area is 127 Å². The first-order valence-corrected chi connectivity index (χ1v) is 6.98. The van der Waals surface area contributed by atoms with Gasteiger partial charge in [0.1, 0.15) is 12.4 Å². The summed E-state index contributed by atoms with van der Waals surface area (Å²) in [7, 11) is 0. The van der Waals surface area contributed by atoms with Crippen molar-refractivity contribution in [2.45, 2.75) is 12.5 Å². The van der Waals surface area contributed by atoms with Crippen LogP contribution in [0.3, 0.4) is 0 Å². The Kier molecular flexibility index (Phi) is 3.78. The van der Waals surface area contributed by atoms with Crippen molar-refractivity contribution in [1.82, 2.24) is 5.32 Å². The van der Waals surface area contributed by atoms with E-state index >= 15 is 0 Å². The minimum absolute atomic E-state index is 0.0953. The molecule has 1 atom stereocenters. The van der Waals surface area contributed by atoms with Crippen LogP contribution in [0.2, 0.25) is 0 Å². The summed E-state index contributed by atoms with van der Waals surface area (Å²) in [5.41, 5.74) is 1.48. The maximum Gasteiger partial charge on any atom is 0.335 e. The highest BCUT2D eigenvalue weighted by Crippen LogP contribution is 2.24. The predicted octanol–water partition coefficient (Wildman–Crippen LogP) is 2.12. The molecule has 0 aliphatic carbocycles. The normalized spacial score (nSPS) is 16.3. The molecule has 1 amide bonds. The number of carboxylic acid groups (broad SMARTS) is 1. The molecule has 0 saturated carbocycles. The number of amides is 1. The van der Waals surface area contributed by atoms with Gasteiger partial charge in [0, 0.05) is 5.56 Å². The van der Waals surface area contributed by atoms with E-state index in [0.717, 1.165) is 11.3 Å². The highest BCUT2D eigenvalue weighted by Gasteiger charge is 2.21. The van der Waals surface area contributed by atoms with Gasteiger partial charge in [-0.1, -0.05) is 24.3 Å². The quantitative estimate of drug-likeness (QED) is 0.910. The molecule has 3 rings (SSSR count). The molecule has 0 spiro atoms. The third-order valence-electron chi connectivity index (χ3n) is 3.59. The Morgan fingerprint density at radius 2 is 1.86 bits per heavy atom. The molecule has 1 heterocycles. The fraction of sp³-hybridized carbons (Fsp3) is 0.176. The monoisotopic (exact) mass is 297 g/mol. The van der Waals surface area contributed by atoms with Crippen LogP contribution in [0.15, 0.2) is 48.5 Å². The largest absolute Gasteiger partial charge is 0.491 e. The summed E-state index contributed by atoms with van der Waals surface area (Å²) in [6.07, 6.45) is 0.695. The Hall–Kier alpha value is -2.82. The molecule has 2 aromatic carbocycles. The van der Waals surface area contributed by atoms with Gasteiger partial charge in [-0.25, -0.2) is 4.79 Å². The maximum absolute atomic E-state index is 12.2. The number of ether oxygens (including phenoxy) is 1. The number of benzene rings is 2. The van der Waals surface area contributed by atoms with E-state index in [1.54, 1.807) is 12.1 Å². The lowest BCUT2D eigenvalue weighted by Gasteiger charge is -2.26. The molecule has 1 aliphatic rings. The first-order chi connectivity index (χ1) is 10.6. The third kappa shape index (κ3) is 2.93. The molecule has 0 bridgehead atoms. The average molecular weight is 297 g/mol. The van der Waals surface area contributed by atoms with Gasteiger partial charge in [-0.05, 0) is 36.2 Å². The number of rotatable bonds is 3. The zero-order chi connectivity index (χ0) is 15.5. The van der Waals surface area contributed by atoms with E-state index in [9.17, 15) is 9.59 Å². The van der Waals surface area contributed by atoms with Gasteiger partial charge in [0.15, 0.2) is 0 Å². The second-order valence-corrected chi connectivity index (χ2v) is 5.18. The summed E-state index contributed by atoms with van der Waals surface area (Å²) in [4.78, 5) is 23.2. The molecule has 0 radical (unpaired) electrons. The number of para-hydroxylation sites is 1. The number of aromatic carboxylic acids is 1. The van der Waals surface area contributed by atoms with Crippen molar-refractivity contribution in [3.8, 4) is 5.75 Å². The number of fused-ring (bicyclic) bond motifs is 1. The fourth-order valence-corrected chi connectivity index (χ4v) is 2.48. The number of nitrogens with one attached hydrogen (secondary N) is 1. The highest BCUT2D eigenvalue weighted by molar-refractivity contribution is 5.97. The van der Waals surface area contributed by atoms with Gasteiger partial charge in [0.25, 0.3) is 5.91 Å². The Morgan fingerprint density at radius 3 is 2.68 bits per heavy atom. The second kappa shape index (κ2) is 5.89. The smallest absolute Gasteiger partial charge is 0.335 e. The lowest BCUT2D eigenvalue weighted by molar-refractivity contribution is 0.0697. The molecule has 0 saturated heterocycles. The van der Waals surface area contributed by atoms with Gasteiger partial charge < -0.3 is 15.2 Å². The second-order valence-electron chi connectivity index (χ2n) is 5.18. The summed E-state index contributed by atoms with van der Waals surface area (Å²) in [6.45, 7) is 0.404. The molecule has 2 aromatic rings. The third-order valence-corrected chi connectivity index (χ3v) is 3.59. The maximum atomic E-state index is 12.2. The Bertz CT molecular complexity index is 726. The number of carbonyl (C=O) groups excluding carboxylic acids is 1. The summed E-state index contributed by atoms with van der Waals surface area (Å²) < 4.78 is 5.63. The topological polar surface area (TPSA) is 75.6 Å². The van der Waals surface area contributed by atoms with E-state index in [1.165, 1.54) is 12.1 Å². The van der Waals surface area contributed by atoms with Crippen LogP contribution in [0.25, 0.3) is 0 Å². The van der Waals surface area contributed by atoms with E-state index in [0.29, 0.717) is 18.6 Å². The lowest BCUT2D eigenvalue weighted by atomic mass is 10.0. The average Bonchev–Trinajstić information content (AvgIpc) is 2.55. The molecule has 5 heteroatoms. The van der Waals surface area contributed by atoms with Gasteiger partial charge >= 0.3 is 5.97 Å². The van der Waals surface area contributed by atoms with Gasteiger partial charge in [-0.2, -0.15) is 0 Å². The van der Waals surface area contributed by atoms with E-state index in [2.05, 4.69) is 5.32 Å². The molecular weight excluding hydrogens is 282 g/mol. The van der Waals surface area contributed by atoms with Crippen molar-refractivity contribution in [2.75, 3.05) is 6.61 Å². The zero-order valence-electron chi connectivity index (χ0n) is 11.8. The van der Waals surface area contributed by atoms with Crippen molar-refractivity contribution >= 4 is 11.9 Å². The molecule has 22 heavy (non-hydrogen) atoms. The van der Waals surface area contributed by atoms with Crippen LogP contribution < -0.4 is 10.1 Å². The number of hydrogen-bond acceptors (Lipinski definition) is 3. The van der Waals surface area contributed by atoms with Gasteiger partial charge in [0.05, 0.1) is 11.6 Å². The summed E-state index contributed by atoms with van der Waals surface area (Å²) in [6, 6.07) is 13.6. The van der Waals surface area contributed by atoms with Crippen LogP contribution in [-0.4, -0.2) is 29.6 Å². The van der Waals surface area contributed by atoms with E-state index in [-0.39, 0.29) is 17.5 Å². The van der Waals surface area contributed by atoms with Crippen LogP contribution in [0.1, 0.15) is 26.3 Å². The molecule has 112 valence electrons. The van der Waals surface area contributed by atoms with Gasteiger partial charge in [-0.3, -0.25) is 4.79 Å². The van der Waals surface area contributed by atoms with Crippen LogP contribution in [-0.2, 0) is 6.42 Å². The van der Waals surface area contributed by atoms with Crippen molar-refractivity contribution in [3.63, 3.8) is 0 Å². The van der Waals surface area contributed by atoms with Gasteiger partial charge in [0.2, 0.25) is 0 Å². The molecule has 5 nitrogen and oxygen atoms in total. The van der Waals surface area contributed by atoms with Crippen molar-refractivity contribution < 1.29 is 19.4 Å². The van der Waals surface area contributed by atoms with Crippen molar-refractivity contribution in [1.29, 1.82) is 0 Å². The SMILES string of the molecule is O=C(O)c1cccc(C(=O)N[C@H]2COc3ccccc3C2)c1. The first-order valence-electron chi connectivity index (χ1n) is 6.98. The van der Waals surface area contributed by atoms with Gasteiger partial charge in [-0.15, -0.1) is 0 Å². The van der Waals surface area contributed by atoms with Crippen molar-refractivity contribution in [3.05, 3.63) is 65.2 Å². The Balaban J connectivity index is 1.70. The van der Waals surface area contributed by atoms with Crippen LogP contribution in [0.5, 0.6) is 5.75 Å². The molecule has 1 aliphatic heterocycles. The number of hydrogen-bond donors (Lipinski definition) is 2. The zero-order valence-corrected chi connectivity index (χ0v) is 11.8. The van der Waals surface area contributed by atoms with E-state index in [4.69, 9.17) is 9.84 Å². The summed E-state index contributed by atoms with van der Waals surface area (Å²) in [5.74, 6) is -0.499. The minimum atomic E-state index is -1.05. The van der Waals surface area contributed by atoms with E-state index < -0.39 is 5.97 Å². The van der Waals surface area contributed by atoms with Crippen LogP contribution >= 0.6 is 0 Å². The molecule has 0 fully saturated rings. The van der Waals surface area contributed by atoms with Crippen molar-refractivity contribution in [2.24, 2.45) is 0 Å². The van der Waals surface area contributed by atoms with Crippen LogP contribution in [0, 0.1) is 0 Å². The summed E-state index contributed by atoms with van der Waals surface area (Å²) in [5, 5.41) is 11.9. The van der Waals surface area contributed by atoms with E-state index in [1.807, 2.05) is 24.3 Å². The van der Waals surface area contributed by atoms with Crippen LogP contribution in [0.4, 0.5) is 0 Å². The number of carbonyl (C=O) groups is 2. The fourth-order valence-electron chi connectivity index (χ4n) is 2.48. The molecule has 0 aromatic heterocycles. The molecule has 0 unspecified atom stereocenters. The molecular formula is C17H15NO4. The Morgan fingerprint density at radius 1 is 1.09 bits per heavy atom. The molecule has 2 N–H and O–H groups in total. The number of carboxylic acids is 1. The summed E-state index contributed by atoms with van der Waals surface area (Å²) >= 11 is 0. The first kappa shape index (κ1) is 14.1.